The Balaban J connectivity index is 2.64. The van der Waals surface area contributed by atoms with Crippen molar-refractivity contribution in [1.82, 2.24) is 4.90 Å². The van der Waals surface area contributed by atoms with Gasteiger partial charge in [0, 0.05) is 18.4 Å². The molecule has 1 atom stereocenters. The Morgan fingerprint density at radius 2 is 2.00 bits per heavy atom. The highest BCUT2D eigenvalue weighted by molar-refractivity contribution is 9.09. The summed E-state index contributed by atoms with van der Waals surface area (Å²) in [4.78, 5) is 14.1. The van der Waals surface area contributed by atoms with E-state index in [9.17, 15) is 4.79 Å². The Labute approximate surface area is 112 Å². The fourth-order valence-corrected chi connectivity index (χ4v) is 2.14. The minimum atomic E-state index is 0.166. The number of amides is 1. The van der Waals surface area contributed by atoms with Crippen LogP contribution in [0.25, 0.3) is 0 Å². The van der Waals surface area contributed by atoms with Crippen LogP contribution in [0.5, 0.6) is 0 Å². The summed E-state index contributed by atoms with van der Waals surface area (Å²) < 4.78 is 0. The van der Waals surface area contributed by atoms with Crippen LogP contribution in [0.1, 0.15) is 23.6 Å². The summed E-state index contributed by atoms with van der Waals surface area (Å²) >= 11 is 3.46. The molecule has 0 radical (unpaired) electrons. The third-order valence-corrected chi connectivity index (χ3v) is 3.17. The highest BCUT2D eigenvalue weighted by Gasteiger charge is 2.11. The zero-order chi connectivity index (χ0) is 13.0. The SMILES string of the molecule is Cc1ccc(CC(=O)N(C)CC(C)Br)cc1C. The largest absolute Gasteiger partial charge is 0.344 e. The van der Waals surface area contributed by atoms with Crippen LogP contribution < -0.4 is 0 Å². The van der Waals surface area contributed by atoms with E-state index in [0.29, 0.717) is 11.2 Å². The van der Waals surface area contributed by atoms with Gasteiger partial charge in [0.05, 0.1) is 6.42 Å². The summed E-state index contributed by atoms with van der Waals surface area (Å²) in [5.41, 5.74) is 3.60. The standard InChI is InChI=1S/C14H20BrNO/c1-10-5-6-13(7-11(10)2)8-14(17)16(4)9-12(3)15/h5-7,12H,8-9H2,1-4H3. The van der Waals surface area contributed by atoms with Gasteiger partial charge in [0.1, 0.15) is 0 Å². The molecule has 1 aromatic rings. The van der Waals surface area contributed by atoms with Crippen molar-refractivity contribution in [3.63, 3.8) is 0 Å². The quantitative estimate of drug-likeness (QED) is 0.782. The molecule has 1 aromatic carbocycles. The lowest BCUT2D eigenvalue weighted by Gasteiger charge is -2.18. The van der Waals surface area contributed by atoms with Crippen LogP contribution in [-0.4, -0.2) is 29.2 Å². The van der Waals surface area contributed by atoms with Gasteiger partial charge in [0.2, 0.25) is 5.91 Å². The molecule has 0 saturated carbocycles. The van der Waals surface area contributed by atoms with Gasteiger partial charge in [-0.25, -0.2) is 0 Å². The van der Waals surface area contributed by atoms with Crippen LogP contribution in [-0.2, 0) is 11.2 Å². The van der Waals surface area contributed by atoms with Crippen LogP contribution in [0.4, 0.5) is 0 Å². The van der Waals surface area contributed by atoms with Crippen molar-refractivity contribution in [3.8, 4) is 0 Å². The molecule has 2 nitrogen and oxygen atoms in total. The van der Waals surface area contributed by atoms with E-state index in [1.54, 1.807) is 4.90 Å². The number of nitrogens with zero attached hydrogens (tertiary/aromatic N) is 1. The maximum Gasteiger partial charge on any atom is 0.226 e. The van der Waals surface area contributed by atoms with E-state index in [1.165, 1.54) is 11.1 Å². The summed E-state index contributed by atoms with van der Waals surface area (Å²) in [6, 6.07) is 6.20. The van der Waals surface area contributed by atoms with Gasteiger partial charge in [-0.2, -0.15) is 0 Å². The fraction of sp³-hybridized carbons (Fsp3) is 0.500. The second-order valence-corrected chi connectivity index (χ2v) is 6.21. The lowest BCUT2D eigenvalue weighted by atomic mass is 10.0. The van der Waals surface area contributed by atoms with E-state index < -0.39 is 0 Å². The molecule has 0 fully saturated rings. The lowest BCUT2D eigenvalue weighted by molar-refractivity contribution is -0.129. The minimum Gasteiger partial charge on any atom is -0.344 e. The number of alkyl halides is 1. The maximum atomic E-state index is 11.9. The first kappa shape index (κ1) is 14.2. The molecule has 0 aliphatic carbocycles. The second-order valence-electron chi connectivity index (χ2n) is 4.65. The van der Waals surface area contributed by atoms with Crippen LogP contribution in [0.15, 0.2) is 18.2 Å². The Hall–Kier alpha value is -0.830. The number of halogens is 1. The first-order chi connectivity index (χ1) is 7.90. The number of hydrogen-bond donors (Lipinski definition) is 0. The molecule has 0 aromatic heterocycles. The molecule has 0 aliphatic rings. The molecule has 0 saturated heterocycles. The molecule has 17 heavy (non-hydrogen) atoms. The van der Waals surface area contributed by atoms with Crippen molar-refractivity contribution in [1.29, 1.82) is 0 Å². The second kappa shape index (κ2) is 6.20. The zero-order valence-electron chi connectivity index (χ0n) is 11.0. The van der Waals surface area contributed by atoms with E-state index in [2.05, 4.69) is 41.9 Å². The van der Waals surface area contributed by atoms with Crippen molar-refractivity contribution in [2.45, 2.75) is 32.0 Å². The number of benzene rings is 1. The molecule has 0 aliphatic heterocycles. The minimum absolute atomic E-state index is 0.166. The molecule has 1 amide bonds. The third-order valence-electron chi connectivity index (χ3n) is 2.88. The first-order valence-electron chi connectivity index (χ1n) is 5.84. The molecule has 1 rings (SSSR count). The molecule has 3 heteroatoms. The van der Waals surface area contributed by atoms with Gasteiger partial charge in [0.25, 0.3) is 0 Å². The van der Waals surface area contributed by atoms with Gasteiger partial charge in [0.15, 0.2) is 0 Å². The highest BCUT2D eigenvalue weighted by atomic mass is 79.9. The van der Waals surface area contributed by atoms with Crippen molar-refractivity contribution < 1.29 is 4.79 Å². The number of likely N-dealkylation sites (N-methyl/N-ethyl adjacent to an activating group) is 1. The van der Waals surface area contributed by atoms with Crippen LogP contribution in [0.2, 0.25) is 0 Å². The molecule has 94 valence electrons. The summed E-state index contributed by atoms with van der Waals surface area (Å²) in [7, 11) is 1.85. The molecule has 0 bridgehead atoms. The van der Waals surface area contributed by atoms with Gasteiger partial charge >= 0.3 is 0 Å². The van der Waals surface area contributed by atoms with Gasteiger partial charge in [-0.15, -0.1) is 0 Å². The maximum absolute atomic E-state index is 11.9. The summed E-state index contributed by atoms with van der Waals surface area (Å²) in [6.45, 7) is 6.94. The molecule has 0 spiro atoms. The molecule has 0 N–H and O–H groups in total. The van der Waals surface area contributed by atoms with Crippen molar-refractivity contribution in [2.75, 3.05) is 13.6 Å². The van der Waals surface area contributed by atoms with E-state index in [4.69, 9.17) is 0 Å². The summed E-state index contributed by atoms with van der Waals surface area (Å²) in [6.07, 6.45) is 0.483. The Morgan fingerprint density at radius 1 is 1.35 bits per heavy atom. The number of hydrogen-bond acceptors (Lipinski definition) is 1. The Morgan fingerprint density at radius 3 is 2.53 bits per heavy atom. The predicted molar refractivity (Wildman–Crippen MR) is 75.6 cm³/mol. The van der Waals surface area contributed by atoms with Crippen molar-refractivity contribution >= 4 is 21.8 Å². The topological polar surface area (TPSA) is 20.3 Å². The molecule has 1 unspecified atom stereocenters. The average molecular weight is 298 g/mol. The smallest absolute Gasteiger partial charge is 0.226 e. The van der Waals surface area contributed by atoms with Gasteiger partial charge < -0.3 is 4.90 Å². The number of carbonyl (C=O) groups excluding carboxylic acids is 1. The normalized spacial score (nSPS) is 12.3. The zero-order valence-corrected chi connectivity index (χ0v) is 12.5. The number of rotatable bonds is 4. The monoisotopic (exact) mass is 297 g/mol. The van der Waals surface area contributed by atoms with Crippen molar-refractivity contribution in [3.05, 3.63) is 34.9 Å². The summed E-state index contributed by atoms with van der Waals surface area (Å²) in [5.74, 6) is 0.166. The van der Waals surface area contributed by atoms with Crippen LogP contribution >= 0.6 is 15.9 Å². The van der Waals surface area contributed by atoms with E-state index in [-0.39, 0.29) is 5.91 Å². The fourth-order valence-electron chi connectivity index (χ4n) is 1.70. The van der Waals surface area contributed by atoms with E-state index in [1.807, 2.05) is 20.0 Å². The van der Waals surface area contributed by atoms with Gasteiger partial charge in [-0.1, -0.05) is 41.1 Å². The summed E-state index contributed by atoms with van der Waals surface area (Å²) in [5, 5.41) is 0. The Bertz CT molecular complexity index is 401. The predicted octanol–water partition coefficient (Wildman–Crippen LogP) is 3.09. The van der Waals surface area contributed by atoms with Crippen LogP contribution in [0, 0.1) is 13.8 Å². The lowest BCUT2D eigenvalue weighted by Crippen LogP contribution is -2.32. The third kappa shape index (κ3) is 4.50. The van der Waals surface area contributed by atoms with Crippen LogP contribution in [0.3, 0.4) is 0 Å². The first-order valence-corrected chi connectivity index (χ1v) is 6.76. The molecular formula is C14H20BrNO. The van der Waals surface area contributed by atoms with Gasteiger partial charge in [-0.3, -0.25) is 4.79 Å². The molecule has 0 heterocycles. The van der Waals surface area contributed by atoms with Gasteiger partial charge in [-0.05, 0) is 30.5 Å². The average Bonchev–Trinajstić information content (AvgIpc) is 2.22. The number of aryl methyl sites for hydroxylation is 2. The van der Waals surface area contributed by atoms with Crippen molar-refractivity contribution in [2.24, 2.45) is 0 Å². The van der Waals surface area contributed by atoms with E-state index in [0.717, 1.165) is 12.1 Å². The Kier molecular flexibility index (Phi) is 5.19. The van der Waals surface area contributed by atoms with E-state index >= 15 is 0 Å². The number of carbonyl (C=O) groups is 1. The molecular weight excluding hydrogens is 278 g/mol. The highest BCUT2D eigenvalue weighted by Crippen LogP contribution is 2.11.